The number of hydrogen-bond donors (Lipinski definition) is 0. The molecule has 0 radical (unpaired) electrons. The van der Waals surface area contributed by atoms with Gasteiger partial charge in [-0.15, -0.1) is 0 Å². The summed E-state index contributed by atoms with van der Waals surface area (Å²) in [7, 11) is 0. The van der Waals surface area contributed by atoms with Crippen LogP contribution in [0.15, 0.2) is 84.9 Å². The molecule has 3 atom stereocenters. The fraction of sp³-hybridized carbons (Fsp3) is 0.167. The summed E-state index contributed by atoms with van der Waals surface area (Å²) in [6.45, 7) is 1.81. The van der Waals surface area contributed by atoms with E-state index in [0.29, 0.717) is 10.7 Å². The number of carbonyl (C=O) groups is 2. The van der Waals surface area contributed by atoms with Crippen molar-refractivity contribution in [3.8, 4) is 0 Å². The van der Waals surface area contributed by atoms with Crippen LogP contribution in [-0.2, 0) is 14.4 Å². The van der Waals surface area contributed by atoms with Gasteiger partial charge in [0.1, 0.15) is 5.41 Å². The highest BCUT2D eigenvalue weighted by Gasteiger charge is 2.68. The third kappa shape index (κ3) is 2.66. The van der Waals surface area contributed by atoms with Gasteiger partial charge in [0.25, 0.3) is 5.91 Å². The molecule has 0 saturated carbocycles. The highest BCUT2D eigenvalue weighted by atomic mass is 35.5. The molecule has 30 heavy (non-hydrogen) atoms. The van der Waals surface area contributed by atoms with E-state index in [1.165, 1.54) is 4.90 Å². The second-order valence-electron chi connectivity index (χ2n) is 7.70. The van der Waals surface area contributed by atoms with Gasteiger partial charge in [-0.3, -0.25) is 14.4 Å². The molecule has 6 heteroatoms. The number of nitrogens with zero attached hydrogens (tertiary/aromatic N) is 2. The van der Waals surface area contributed by atoms with E-state index in [9.17, 15) is 9.59 Å². The zero-order chi connectivity index (χ0) is 20.9. The second-order valence-corrected chi connectivity index (χ2v) is 8.14. The summed E-state index contributed by atoms with van der Waals surface area (Å²) in [5, 5.41) is 2.16. The van der Waals surface area contributed by atoms with Crippen LogP contribution in [0.25, 0.3) is 0 Å². The van der Waals surface area contributed by atoms with Gasteiger partial charge in [0.05, 0.1) is 17.4 Å². The van der Waals surface area contributed by atoms with Crippen LogP contribution < -0.4 is 9.96 Å². The summed E-state index contributed by atoms with van der Waals surface area (Å²) < 4.78 is 0. The summed E-state index contributed by atoms with van der Waals surface area (Å²) in [6.07, 6.45) is -0.936. The number of imide groups is 1. The Kier molecular flexibility index (Phi) is 4.38. The summed E-state index contributed by atoms with van der Waals surface area (Å²) in [4.78, 5) is 34.5. The molecule has 0 bridgehead atoms. The molecule has 2 aliphatic rings. The van der Waals surface area contributed by atoms with Crippen LogP contribution in [0, 0.1) is 5.41 Å². The van der Waals surface area contributed by atoms with Crippen LogP contribution in [-0.4, -0.2) is 17.9 Å². The van der Waals surface area contributed by atoms with Gasteiger partial charge in [0, 0.05) is 5.02 Å². The number of benzene rings is 3. The van der Waals surface area contributed by atoms with E-state index in [-0.39, 0.29) is 11.8 Å². The minimum absolute atomic E-state index is 0.299. The molecule has 2 amide bonds. The number of hydroxylamine groups is 1. The Morgan fingerprint density at radius 2 is 1.50 bits per heavy atom. The summed E-state index contributed by atoms with van der Waals surface area (Å²) in [6, 6.07) is 25.5. The van der Waals surface area contributed by atoms with Gasteiger partial charge >= 0.3 is 0 Å². The SMILES string of the molecule is C[C@@]12C(=O)N(c3cccc(Cl)c3)C(=O)[C@H]1ON(c1ccccc1)[C@@H]2c1ccccc1. The van der Waals surface area contributed by atoms with E-state index in [2.05, 4.69) is 0 Å². The van der Waals surface area contributed by atoms with Gasteiger partial charge in [-0.25, -0.2) is 9.96 Å². The van der Waals surface area contributed by atoms with Crippen LogP contribution in [0.5, 0.6) is 0 Å². The van der Waals surface area contributed by atoms with Gasteiger partial charge in [0.15, 0.2) is 6.10 Å². The van der Waals surface area contributed by atoms with E-state index in [0.717, 1.165) is 11.3 Å². The molecule has 2 fully saturated rings. The lowest BCUT2D eigenvalue weighted by molar-refractivity contribution is -0.128. The molecular weight excluding hydrogens is 400 g/mol. The van der Waals surface area contributed by atoms with Crippen LogP contribution in [0.1, 0.15) is 18.5 Å². The molecule has 5 rings (SSSR count). The van der Waals surface area contributed by atoms with E-state index in [1.54, 1.807) is 29.3 Å². The zero-order valence-electron chi connectivity index (χ0n) is 16.2. The highest BCUT2D eigenvalue weighted by molar-refractivity contribution is 6.31. The Morgan fingerprint density at radius 1 is 0.867 bits per heavy atom. The number of rotatable bonds is 3. The van der Waals surface area contributed by atoms with Crippen molar-refractivity contribution in [1.29, 1.82) is 0 Å². The lowest BCUT2D eigenvalue weighted by Crippen LogP contribution is -2.41. The summed E-state index contributed by atoms with van der Waals surface area (Å²) >= 11 is 6.11. The normalized spacial score (nSPS) is 25.7. The molecule has 150 valence electrons. The molecule has 2 heterocycles. The summed E-state index contributed by atoms with van der Waals surface area (Å²) in [5.74, 6) is -0.684. The predicted octanol–water partition coefficient (Wildman–Crippen LogP) is 4.78. The van der Waals surface area contributed by atoms with Gasteiger partial charge in [-0.1, -0.05) is 66.2 Å². The fourth-order valence-electron chi connectivity index (χ4n) is 4.42. The number of anilines is 2. The monoisotopic (exact) mass is 418 g/mol. The average Bonchev–Trinajstić information content (AvgIpc) is 3.18. The Balaban J connectivity index is 1.64. The molecule has 0 aliphatic carbocycles. The van der Waals surface area contributed by atoms with Crippen molar-refractivity contribution in [3.63, 3.8) is 0 Å². The molecule has 5 nitrogen and oxygen atoms in total. The number of amides is 2. The highest BCUT2D eigenvalue weighted by Crippen LogP contribution is 2.55. The number of halogens is 1. The number of carbonyl (C=O) groups excluding carboxylic acids is 2. The van der Waals surface area contributed by atoms with Gasteiger partial charge < -0.3 is 0 Å². The van der Waals surface area contributed by atoms with Crippen molar-refractivity contribution in [2.24, 2.45) is 5.41 Å². The first-order valence-electron chi connectivity index (χ1n) is 9.72. The molecule has 0 aromatic heterocycles. The number of hydrogen-bond acceptors (Lipinski definition) is 4. The maximum atomic E-state index is 13.7. The fourth-order valence-corrected chi connectivity index (χ4v) is 4.61. The Hall–Kier alpha value is -3.15. The standard InChI is InChI=1S/C24H19ClN2O3/c1-24-20(16-9-4-2-5-10-16)27(18-12-6-3-7-13-18)30-21(24)22(28)26(23(24)29)19-14-8-11-17(25)15-19/h2-15,20-21H,1H3/t20-,21-,24+/m1/s1. The Morgan fingerprint density at radius 3 is 2.17 bits per heavy atom. The Bertz CT molecular complexity index is 1120. The molecular formula is C24H19ClN2O3. The van der Waals surface area contributed by atoms with E-state index >= 15 is 0 Å². The van der Waals surface area contributed by atoms with E-state index < -0.39 is 17.6 Å². The largest absolute Gasteiger partial charge is 0.273 e. The third-order valence-electron chi connectivity index (χ3n) is 5.87. The minimum Gasteiger partial charge on any atom is -0.273 e. The van der Waals surface area contributed by atoms with Crippen LogP contribution in [0.3, 0.4) is 0 Å². The van der Waals surface area contributed by atoms with E-state index in [1.807, 2.05) is 67.6 Å². The maximum Gasteiger partial charge on any atom is 0.266 e. The average molecular weight is 419 g/mol. The van der Waals surface area contributed by atoms with Crippen LogP contribution in [0.2, 0.25) is 5.02 Å². The van der Waals surface area contributed by atoms with Crippen molar-refractivity contribution in [2.75, 3.05) is 9.96 Å². The van der Waals surface area contributed by atoms with E-state index in [4.69, 9.17) is 16.4 Å². The van der Waals surface area contributed by atoms with Gasteiger partial charge in [-0.2, -0.15) is 0 Å². The van der Waals surface area contributed by atoms with Crippen molar-refractivity contribution in [3.05, 3.63) is 95.5 Å². The Labute approximate surface area is 179 Å². The molecule has 3 aromatic carbocycles. The molecule has 0 spiro atoms. The first-order valence-corrected chi connectivity index (χ1v) is 10.1. The molecule has 0 unspecified atom stereocenters. The van der Waals surface area contributed by atoms with Gasteiger partial charge in [-0.05, 0) is 42.8 Å². The predicted molar refractivity (Wildman–Crippen MR) is 115 cm³/mol. The maximum absolute atomic E-state index is 13.7. The lowest BCUT2D eigenvalue weighted by atomic mass is 9.76. The van der Waals surface area contributed by atoms with Crippen molar-refractivity contribution >= 4 is 34.8 Å². The lowest BCUT2D eigenvalue weighted by Gasteiger charge is -2.32. The summed E-state index contributed by atoms with van der Waals surface area (Å²) in [5.41, 5.74) is 1.04. The van der Waals surface area contributed by atoms with Crippen LogP contribution in [0.4, 0.5) is 11.4 Å². The topological polar surface area (TPSA) is 49.9 Å². The molecule has 3 aromatic rings. The smallest absolute Gasteiger partial charge is 0.266 e. The number of para-hydroxylation sites is 1. The molecule has 2 saturated heterocycles. The zero-order valence-corrected chi connectivity index (χ0v) is 17.0. The van der Waals surface area contributed by atoms with Gasteiger partial charge in [0.2, 0.25) is 5.91 Å². The number of fused-ring (bicyclic) bond motifs is 1. The molecule has 2 aliphatic heterocycles. The molecule has 0 N–H and O–H groups in total. The second kappa shape index (κ2) is 6.97. The quantitative estimate of drug-likeness (QED) is 0.574. The van der Waals surface area contributed by atoms with Crippen LogP contribution >= 0.6 is 11.6 Å². The first kappa shape index (κ1) is 18.9. The first-order chi connectivity index (χ1) is 14.5. The van der Waals surface area contributed by atoms with Crippen molar-refractivity contribution in [1.82, 2.24) is 0 Å². The van der Waals surface area contributed by atoms with Crippen molar-refractivity contribution < 1.29 is 14.4 Å². The third-order valence-corrected chi connectivity index (χ3v) is 6.10. The minimum atomic E-state index is -1.10. The van der Waals surface area contributed by atoms with Crippen molar-refractivity contribution in [2.45, 2.75) is 19.1 Å².